The van der Waals surface area contributed by atoms with Gasteiger partial charge >= 0.3 is 0 Å². The van der Waals surface area contributed by atoms with Crippen LogP contribution in [-0.4, -0.2) is 41.1 Å². The summed E-state index contributed by atoms with van der Waals surface area (Å²) in [4.78, 5) is 5.20. The Kier molecular flexibility index (Phi) is 12.3. The number of hydrogen-bond acceptors (Lipinski definition) is 2. The smallest absolute Gasteiger partial charge is 0.0776 e. The van der Waals surface area contributed by atoms with Crippen molar-refractivity contribution in [2.75, 3.05) is 9.80 Å². The monoisotopic (exact) mass is 1180 g/mol. The van der Waals surface area contributed by atoms with Gasteiger partial charge in [0.1, 0.15) is 0 Å². The molecule has 0 N–H and O–H groups in total. The van der Waals surface area contributed by atoms with Crippen molar-refractivity contribution >= 4 is 163 Å². The van der Waals surface area contributed by atoms with Gasteiger partial charge in [0.15, 0.2) is 0 Å². The Morgan fingerprint density at radius 1 is 0.256 bits per heavy atom. The summed E-state index contributed by atoms with van der Waals surface area (Å²) in [5, 5.41) is 15.9. The fourth-order valence-corrected chi connectivity index (χ4v) is 18.6. The van der Waals surface area contributed by atoms with Gasteiger partial charge in [-0.1, -0.05) is 257 Å². The van der Waals surface area contributed by atoms with Crippen molar-refractivity contribution in [2.45, 2.75) is 78.6 Å². The summed E-state index contributed by atoms with van der Waals surface area (Å²) >= 11 is 0. The molecule has 4 heterocycles. The highest BCUT2D eigenvalue weighted by Crippen LogP contribution is 2.53. The molecule has 15 aromatic rings. The van der Waals surface area contributed by atoms with E-state index in [0.717, 1.165) is 0 Å². The van der Waals surface area contributed by atoms with Gasteiger partial charge in [0.05, 0.1) is 88.1 Å². The van der Waals surface area contributed by atoms with Crippen molar-refractivity contribution in [2.24, 2.45) is 0 Å². The highest BCUT2D eigenvalue weighted by Gasteiger charge is 2.32. The molecule has 0 aliphatic carbocycles. The lowest BCUT2D eigenvalue weighted by Gasteiger charge is -2.31. The van der Waals surface area contributed by atoms with Gasteiger partial charge in [-0.25, -0.2) is 0 Å². The molecule has 86 heavy (non-hydrogen) atoms. The molecule has 0 saturated heterocycles. The molecule has 0 spiro atoms. The first kappa shape index (κ1) is 54.2. The van der Waals surface area contributed by atoms with Crippen molar-refractivity contribution in [3.63, 3.8) is 0 Å². The minimum atomic E-state index is -1.77. The van der Waals surface area contributed by atoms with E-state index in [0.29, 0.717) is 0 Å². The SMILES string of the molecule is C[Si](C)(C)c1ccc(N(c2cc([Si](C)(C)C)ccc2-c2ccccc2)c2ccc3c4cc5c(cc4n4c6ccccc6c2c34)c2ccc(N(c3ccc([Si](C)(C)C)cc3)c3cc([Si](C)(C)C)ccc3-c3ccccc3)c3c4ccccc4n5c23)cc1. The number of para-hydroxylation sites is 2. The lowest BCUT2D eigenvalue weighted by molar-refractivity contribution is 1.30. The number of benzene rings is 11. The van der Waals surface area contributed by atoms with Crippen LogP contribution in [0, 0.1) is 0 Å². The van der Waals surface area contributed by atoms with Crippen LogP contribution in [0.1, 0.15) is 0 Å². The van der Waals surface area contributed by atoms with Gasteiger partial charge in [-0.05, 0) is 83.9 Å². The van der Waals surface area contributed by atoms with E-state index in [-0.39, 0.29) is 0 Å². The average Bonchev–Trinajstić information content (AvgIpc) is 1.56. The molecule has 0 radical (unpaired) electrons. The van der Waals surface area contributed by atoms with Gasteiger partial charge in [-0.2, -0.15) is 0 Å². The van der Waals surface area contributed by atoms with Crippen LogP contribution in [0.3, 0.4) is 0 Å². The van der Waals surface area contributed by atoms with Crippen LogP contribution in [-0.2, 0) is 0 Å². The topological polar surface area (TPSA) is 15.3 Å². The number of anilines is 6. The molecule has 0 atom stereocenters. The fraction of sp³-hybridized carbons (Fsp3) is 0.154. The highest BCUT2D eigenvalue weighted by molar-refractivity contribution is 6.90. The molecule has 11 aromatic carbocycles. The van der Waals surface area contributed by atoms with Crippen LogP contribution in [0.15, 0.2) is 231 Å². The third-order valence-corrected chi connectivity index (χ3v) is 26.8. The van der Waals surface area contributed by atoms with Crippen LogP contribution in [0.5, 0.6) is 0 Å². The molecule has 4 aromatic heterocycles. The molecule has 15 rings (SSSR count). The molecule has 0 bridgehead atoms. The Morgan fingerprint density at radius 3 is 0.953 bits per heavy atom. The van der Waals surface area contributed by atoms with E-state index < -0.39 is 32.3 Å². The van der Waals surface area contributed by atoms with Crippen molar-refractivity contribution in [1.29, 1.82) is 0 Å². The Balaban J connectivity index is 1.01. The molecule has 4 nitrogen and oxygen atoms in total. The van der Waals surface area contributed by atoms with Crippen molar-refractivity contribution in [1.82, 2.24) is 8.80 Å². The molecule has 0 unspecified atom stereocenters. The van der Waals surface area contributed by atoms with Crippen LogP contribution >= 0.6 is 0 Å². The van der Waals surface area contributed by atoms with Gasteiger partial charge in [0, 0.05) is 65.6 Å². The van der Waals surface area contributed by atoms with Crippen LogP contribution in [0.4, 0.5) is 34.1 Å². The van der Waals surface area contributed by atoms with E-state index in [1.807, 2.05) is 0 Å². The number of fused-ring (bicyclic) bond motifs is 12. The second-order valence-electron chi connectivity index (χ2n) is 28.3. The molecule has 8 heteroatoms. The van der Waals surface area contributed by atoms with Crippen molar-refractivity contribution in [3.05, 3.63) is 231 Å². The van der Waals surface area contributed by atoms with E-state index >= 15 is 0 Å². The first-order chi connectivity index (χ1) is 41.2. The van der Waals surface area contributed by atoms with E-state index in [2.05, 4.69) is 328 Å². The molecule has 0 saturated carbocycles. The Bertz CT molecular complexity index is 4810. The van der Waals surface area contributed by atoms with Gasteiger partial charge in [0.25, 0.3) is 0 Å². The Morgan fingerprint density at radius 2 is 0.593 bits per heavy atom. The minimum Gasteiger partial charge on any atom is -0.309 e. The predicted molar refractivity (Wildman–Crippen MR) is 388 cm³/mol. The summed E-state index contributed by atoms with van der Waals surface area (Å²) in [6.45, 7) is 29.5. The summed E-state index contributed by atoms with van der Waals surface area (Å²) in [7, 11) is -6.73. The normalized spacial score (nSPS) is 12.9. The second kappa shape index (κ2) is 19.5. The summed E-state index contributed by atoms with van der Waals surface area (Å²) in [5.41, 5.74) is 19.4. The number of hydrogen-bond donors (Lipinski definition) is 0. The van der Waals surface area contributed by atoms with E-state index in [1.165, 1.54) is 153 Å². The van der Waals surface area contributed by atoms with E-state index in [9.17, 15) is 0 Å². The number of aromatic nitrogens is 2. The van der Waals surface area contributed by atoms with E-state index in [1.54, 1.807) is 0 Å². The Hall–Kier alpha value is -8.51. The molecular formula is C78H74N4Si4. The molecule has 422 valence electrons. The third-order valence-electron chi connectivity index (χ3n) is 18.6. The zero-order valence-corrected chi connectivity index (χ0v) is 55.7. The molecular weight excluding hydrogens is 1110 g/mol. The quantitative estimate of drug-likeness (QED) is 0.113. The summed E-state index contributed by atoms with van der Waals surface area (Å²) < 4.78 is 5.20. The highest BCUT2D eigenvalue weighted by atomic mass is 28.3. The summed E-state index contributed by atoms with van der Waals surface area (Å²) in [5.74, 6) is 0. The third kappa shape index (κ3) is 8.54. The maximum Gasteiger partial charge on any atom is 0.0776 e. The van der Waals surface area contributed by atoms with Crippen LogP contribution in [0.2, 0.25) is 78.6 Å². The van der Waals surface area contributed by atoms with Crippen molar-refractivity contribution in [3.8, 4) is 22.3 Å². The molecule has 0 aliphatic heterocycles. The van der Waals surface area contributed by atoms with Gasteiger partial charge in [-0.15, -0.1) is 0 Å². The lowest BCUT2D eigenvalue weighted by Crippen LogP contribution is -2.38. The maximum absolute atomic E-state index is 2.60. The van der Waals surface area contributed by atoms with Gasteiger partial charge < -0.3 is 18.6 Å². The summed E-state index contributed by atoms with van der Waals surface area (Å²) in [6.07, 6.45) is 0. The zero-order chi connectivity index (χ0) is 59.3. The van der Waals surface area contributed by atoms with E-state index in [4.69, 9.17) is 0 Å². The molecule has 0 fully saturated rings. The second-order valence-corrected chi connectivity index (χ2v) is 48.6. The predicted octanol–water partition coefficient (Wildman–Crippen LogP) is 20.4. The standard InChI is InChI=1S/C78H74N4Si4/c1-83(2,3)55-35-31-53(32-36-55)79(71-47-57(85(7,8)9)39-41-59(71)51-23-15-13-16-24-51)69-45-43-61-65-49-74-66(50-73(65)81-67-29-21-19-27-63(67)75(69)77(61)81)62-44-46-70(76-64-28-20-22-30-68(64)82(74)78(62)76)80(54-33-37-56(38-34-54)84(4,5)6)72-48-58(86(10,11)12)40-42-60(72)52-25-17-14-18-26-52/h13-50H,1-12H3. The lowest BCUT2D eigenvalue weighted by atomic mass is 9.99. The largest absolute Gasteiger partial charge is 0.309 e. The first-order valence-electron chi connectivity index (χ1n) is 30.8. The average molecular weight is 1180 g/mol. The number of nitrogens with zero attached hydrogens (tertiary/aromatic N) is 4. The maximum atomic E-state index is 2.60. The van der Waals surface area contributed by atoms with Gasteiger partial charge in [-0.3, -0.25) is 0 Å². The zero-order valence-electron chi connectivity index (χ0n) is 51.7. The molecule has 0 aliphatic rings. The van der Waals surface area contributed by atoms with Crippen molar-refractivity contribution < 1.29 is 0 Å². The number of rotatable bonds is 12. The fourth-order valence-electron chi connectivity index (χ4n) is 14.0. The molecule has 0 amide bonds. The van der Waals surface area contributed by atoms with Crippen LogP contribution < -0.4 is 30.5 Å². The minimum absolute atomic E-state index is 1.17. The van der Waals surface area contributed by atoms with Gasteiger partial charge in [0.2, 0.25) is 0 Å². The summed E-state index contributed by atoms with van der Waals surface area (Å²) in [6, 6.07) is 89.0. The van der Waals surface area contributed by atoms with Crippen LogP contribution in [0.25, 0.3) is 98.4 Å². The Labute approximate surface area is 509 Å². The first-order valence-corrected chi connectivity index (χ1v) is 44.8.